The second-order valence-corrected chi connectivity index (χ2v) is 8.77. The number of aryl methyl sites for hydroxylation is 2. The van der Waals surface area contributed by atoms with E-state index < -0.39 is 0 Å². The average Bonchev–Trinajstić information content (AvgIpc) is 3.36. The largest absolute Gasteiger partial charge is 0.361 e. The minimum absolute atomic E-state index is 0. The van der Waals surface area contributed by atoms with E-state index in [0.29, 0.717) is 12.1 Å². The summed E-state index contributed by atoms with van der Waals surface area (Å²) in [5.41, 5.74) is 2.54. The minimum Gasteiger partial charge on any atom is -0.361 e. The molecule has 2 heterocycles. The topological polar surface area (TPSA) is 65.7 Å². The Kier molecular flexibility index (Phi) is 9.89. The molecule has 1 saturated carbocycles. The number of guanidine groups is 1. The van der Waals surface area contributed by atoms with Gasteiger partial charge in [-0.2, -0.15) is 11.8 Å². The average molecular weight is 522 g/mol. The van der Waals surface area contributed by atoms with E-state index in [0.717, 1.165) is 36.8 Å². The van der Waals surface area contributed by atoms with Gasteiger partial charge in [0.25, 0.3) is 0 Å². The second kappa shape index (κ2) is 11.6. The third-order valence-electron chi connectivity index (χ3n) is 6.06. The lowest BCUT2D eigenvalue weighted by Gasteiger charge is -2.43. The molecule has 0 aromatic carbocycles. The Morgan fingerprint density at radius 1 is 1.18 bits per heavy atom. The fourth-order valence-electron chi connectivity index (χ4n) is 4.45. The van der Waals surface area contributed by atoms with Gasteiger partial charge < -0.3 is 15.2 Å². The van der Waals surface area contributed by atoms with Crippen molar-refractivity contribution in [2.75, 3.05) is 38.2 Å². The number of aromatic nitrogens is 1. The van der Waals surface area contributed by atoms with Crippen LogP contribution in [0.5, 0.6) is 0 Å². The summed E-state index contributed by atoms with van der Waals surface area (Å²) in [6, 6.07) is 0. The van der Waals surface area contributed by atoms with Gasteiger partial charge >= 0.3 is 0 Å². The van der Waals surface area contributed by atoms with E-state index >= 15 is 0 Å². The molecule has 0 unspecified atom stereocenters. The van der Waals surface area contributed by atoms with E-state index in [2.05, 4.69) is 51.3 Å². The van der Waals surface area contributed by atoms with Gasteiger partial charge in [-0.1, -0.05) is 31.8 Å². The lowest BCUT2D eigenvalue weighted by Crippen LogP contribution is -2.57. The Morgan fingerprint density at radius 2 is 1.89 bits per heavy atom. The molecule has 160 valence electrons. The van der Waals surface area contributed by atoms with Gasteiger partial charge in [-0.15, -0.1) is 24.0 Å². The van der Waals surface area contributed by atoms with Crippen LogP contribution in [-0.4, -0.2) is 59.7 Å². The molecular formula is C20H36IN5OS. The first kappa shape index (κ1) is 23.8. The zero-order valence-corrected chi connectivity index (χ0v) is 20.7. The summed E-state index contributed by atoms with van der Waals surface area (Å²) in [5, 5.41) is 11.3. The molecule has 1 aliphatic heterocycles. The number of hydrogen-bond donors (Lipinski definition) is 2. The van der Waals surface area contributed by atoms with Crippen molar-refractivity contribution in [2.45, 2.75) is 64.5 Å². The third kappa shape index (κ3) is 5.56. The van der Waals surface area contributed by atoms with Gasteiger partial charge in [0.1, 0.15) is 5.76 Å². The predicted octanol–water partition coefficient (Wildman–Crippen LogP) is 3.44. The van der Waals surface area contributed by atoms with Crippen molar-refractivity contribution >= 4 is 41.7 Å². The van der Waals surface area contributed by atoms with Gasteiger partial charge in [-0.25, -0.2) is 0 Å². The maximum absolute atomic E-state index is 5.48. The molecule has 1 aliphatic carbocycles. The van der Waals surface area contributed by atoms with Crippen LogP contribution in [0.15, 0.2) is 9.52 Å². The minimum atomic E-state index is 0. The predicted molar refractivity (Wildman–Crippen MR) is 129 cm³/mol. The molecule has 6 nitrogen and oxygen atoms in total. The van der Waals surface area contributed by atoms with Gasteiger partial charge in [0.15, 0.2) is 5.96 Å². The number of thioether (sulfide) groups is 1. The first-order valence-electron chi connectivity index (χ1n) is 10.5. The quantitative estimate of drug-likeness (QED) is 0.326. The van der Waals surface area contributed by atoms with Crippen molar-refractivity contribution in [2.24, 2.45) is 4.99 Å². The molecule has 0 bridgehead atoms. The van der Waals surface area contributed by atoms with Crippen molar-refractivity contribution in [3.63, 3.8) is 0 Å². The SMILES string of the molecule is CCc1noc(CC)c1CNC(=NC)NCC1(N2CCSCC2)CCCC1.I. The Labute approximate surface area is 191 Å². The van der Waals surface area contributed by atoms with Crippen molar-refractivity contribution in [3.05, 3.63) is 17.0 Å². The fraction of sp³-hybridized carbons (Fsp3) is 0.800. The summed E-state index contributed by atoms with van der Waals surface area (Å²) in [4.78, 5) is 7.19. The van der Waals surface area contributed by atoms with Crippen LogP contribution in [0.25, 0.3) is 0 Å². The number of nitrogens with one attached hydrogen (secondary N) is 2. The molecule has 2 N–H and O–H groups in total. The first-order chi connectivity index (χ1) is 13.2. The van der Waals surface area contributed by atoms with Crippen LogP contribution in [-0.2, 0) is 19.4 Å². The van der Waals surface area contributed by atoms with E-state index in [-0.39, 0.29) is 24.0 Å². The molecular weight excluding hydrogens is 485 g/mol. The molecule has 1 aromatic heterocycles. The number of aliphatic imine (C=N–C) groups is 1. The molecule has 2 fully saturated rings. The maximum Gasteiger partial charge on any atom is 0.191 e. The second-order valence-electron chi connectivity index (χ2n) is 7.55. The van der Waals surface area contributed by atoms with E-state index in [9.17, 15) is 0 Å². The highest BCUT2D eigenvalue weighted by atomic mass is 127. The van der Waals surface area contributed by atoms with Crippen LogP contribution in [0.2, 0.25) is 0 Å². The van der Waals surface area contributed by atoms with Gasteiger partial charge in [-0.05, 0) is 19.3 Å². The Hall–Kier alpha value is -0.480. The molecule has 0 radical (unpaired) electrons. The molecule has 1 aromatic rings. The summed E-state index contributed by atoms with van der Waals surface area (Å²) in [6.07, 6.45) is 7.05. The van der Waals surface area contributed by atoms with Crippen LogP contribution in [0.4, 0.5) is 0 Å². The fourth-order valence-corrected chi connectivity index (χ4v) is 5.36. The Balaban J connectivity index is 0.00000280. The first-order valence-corrected chi connectivity index (χ1v) is 11.6. The van der Waals surface area contributed by atoms with Gasteiger partial charge in [0, 0.05) is 62.3 Å². The van der Waals surface area contributed by atoms with E-state index in [1.807, 2.05) is 7.05 Å². The molecule has 1 saturated heterocycles. The van der Waals surface area contributed by atoms with Crippen molar-refractivity contribution < 1.29 is 4.52 Å². The maximum atomic E-state index is 5.48. The number of nitrogens with zero attached hydrogens (tertiary/aromatic N) is 3. The van der Waals surface area contributed by atoms with Crippen molar-refractivity contribution in [1.82, 2.24) is 20.7 Å². The zero-order valence-electron chi connectivity index (χ0n) is 17.6. The van der Waals surface area contributed by atoms with Crippen LogP contribution in [0.1, 0.15) is 56.5 Å². The molecule has 0 atom stereocenters. The Bertz CT molecular complexity index is 603. The highest BCUT2D eigenvalue weighted by molar-refractivity contribution is 14.0. The summed E-state index contributed by atoms with van der Waals surface area (Å²) in [7, 11) is 1.85. The summed E-state index contributed by atoms with van der Waals surface area (Å²) in [6.45, 7) is 8.36. The molecule has 2 aliphatic rings. The van der Waals surface area contributed by atoms with Crippen LogP contribution in [0, 0.1) is 0 Å². The third-order valence-corrected chi connectivity index (χ3v) is 7.01. The van der Waals surface area contributed by atoms with E-state index in [1.54, 1.807) is 0 Å². The van der Waals surface area contributed by atoms with Crippen LogP contribution < -0.4 is 10.6 Å². The molecule has 8 heteroatoms. The van der Waals surface area contributed by atoms with Crippen LogP contribution in [0.3, 0.4) is 0 Å². The lowest BCUT2D eigenvalue weighted by molar-refractivity contribution is 0.107. The van der Waals surface area contributed by atoms with Crippen molar-refractivity contribution in [3.8, 4) is 0 Å². The lowest BCUT2D eigenvalue weighted by atomic mass is 9.94. The summed E-state index contributed by atoms with van der Waals surface area (Å²) in [5.74, 6) is 4.38. The highest BCUT2D eigenvalue weighted by Gasteiger charge is 2.39. The molecule has 3 rings (SSSR count). The number of halogens is 1. The summed E-state index contributed by atoms with van der Waals surface area (Å²) < 4.78 is 5.48. The monoisotopic (exact) mass is 521 g/mol. The van der Waals surface area contributed by atoms with Gasteiger partial charge in [0.2, 0.25) is 0 Å². The smallest absolute Gasteiger partial charge is 0.191 e. The molecule has 0 spiro atoms. The van der Waals surface area contributed by atoms with Gasteiger partial charge in [0.05, 0.1) is 5.69 Å². The van der Waals surface area contributed by atoms with Gasteiger partial charge in [-0.3, -0.25) is 9.89 Å². The summed E-state index contributed by atoms with van der Waals surface area (Å²) >= 11 is 2.09. The molecule has 28 heavy (non-hydrogen) atoms. The number of hydrogen-bond acceptors (Lipinski definition) is 5. The zero-order chi connectivity index (χ0) is 19.1. The highest BCUT2D eigenvalue weighted by Crippen LogP contribution is 2.36. The Morgan fingerprint density at radius 3 is 2.50 bits per heavy atom. The molecule has 0 amide bonds. The number of rotatable bonds is 7. The van der Waals surface area contributed by atoms with Crippen molar-refractivity contribution in [1.29, 1.82) is 0 Å². The normalized spacial score (nSPS) is 20.0. The van der Waals surface area contributed by atoms with E-state index in [1.165, 1.54) is 55.8 Å². The van der Waals surface area contributed by atoms with Crippen LogP contribution >= 0.6 is 35.7 Å². The standard InChI is InChI=1S/C20H35N5OS.HI/c1-4-17-16(18(5-2)26-24-17)14-22-19(21-3)23-15-20(8-6-7-9-20)25-10-12-27-13-11-25;/h4-15H2,1-3H3,(H2,21,22,23);1H. The van der Waals surface area contributed by atoms with E-state index in [4.69, 9.17) is 4.52 Å².